The minimum absolute atomic E-state index is 0.0654. The van der Waals surface area contributed by atoms with Crippen LogP contribution in [0.25, 0.3) is 11.4 Å². The first kappa shape index (κ1) is 12.0. The van der Waals surface area contributed by atoms with E-state index in [-0.39, 0.29) is 5.69 Å². The van der Waals surface area contributed by atoms with Crippen molar-refractivity contribution in [3.63, 3.8) is 0 Å². The van der Waals surface area contributed by atoms with Gasteiger partial charge in [-0.3, -0.25) is 14.7 Å². The summed E-state index contributed by atoms with van der Waals surface area (Å²) in [6.07, 6.45) is 0. The highest BCUT2D eigenvalue weighted by Crippen LogP contribution is 2.31. The number of aromatic nitrogens is 3. The normalized spacial score (nSPS) is 10.4. The molecule has 0 aliphatic rings. The monoisotopic (exact) mass is 247 g/mol. The van der Waals surface area contributed by atoms with E-state index in [1.165, 1.54) is 0 Å². The van der Waals surface area contributed by atoms with Crippen LogP contribution in [0.3, 0.4) is 0 Å². The zero-order valence-electron chi connectivity index (χ0n) is 10.3. The fourth-order valence-electron chi connectivity index (χ4n) is 1.86. The number of benzene rings is 1. The third kappa shape index (κ3) is 1.79. The van der Waals surface area contributed by atoms with Gasteiger partial charge in [0, 0.05) is 19.7 Å². The molecule has 0 aliphatic carbocycles. The average Bonchev–Trinajstić information content (AvgIpc) is 2.69. The Morgan fingerprint density at radius 3 is 2.67 bits per heavy atom. The Hall–Kier alpha value is -2.44. The van der Waals surface area contributed by atoms with Crippen molar-refractivity contribution in [1.82, 2.24) is 14.8 Å². The van der Waals surface area contributed by atoms with E-state index in [9.17, 15) is 10.1 Å². The molecule has 1 N–H and O–H groups in total. The topological polar surface area (TPSA) is 85.9 Å². The van der Waals surface area contributed by atoms with Gasteiger partial charge in [-0.25, -0.2) is 0 Å². The van der Waals surface area contributed by atoms with Gasteiger partial charge in [-0.1, -0.05) is 12.1 Å². The number of rotatable bonds is 3. The predicted octanol–water partition coefficient (Wildman–Crippen LogP) is 1.74. The van der Waals surface area contributed by atoms with Gasteiger partial charge in [-0.05, 0) is 13.0 Å². The van der Waals surface area contributed by atoms with Crippen molar-refractivity contribution in [2.45, 2.75) is 6.92 Å². The van der Waals surface area contributed by atoms with Crippen LogP contribution < -0.4 is 5.32 Å². The Kier molecular flexibility index (Phi) is 2.97. The van der Waals surface area contributed by atoms with Crippen molar-refractivity contribution in [3.8, 4) is 11.4 Å². The largest absolute Gasteiger partial charge is 0.357 e. The van der Waals surface area contributed by atoms with Crippen LogP contribution in [0.2, 0.25) is 0 Å². The lowest BCUT2D eigenvalue weighted by molar-refractivity contribution is -0.384. The summed E-state index contributed by atoms with van der Waals surface area (Å²) in [5.41, 5.74) is 1.14. The van der Waals surface area contributed by atoms with Crippen molar-refractivity contribution in [3.05, 3.63) is 33.9 Å². The fraction of sp³-hybridized carbons (Fsp3) is 0.273. The van der Waals surface area contributed by atoms with E-state index in [4.69, 9.17) is 0 Å². The molecule has 7 heteroatoms. The van der Waals surface area contributed by atoms with E-state index in [1.807, 2.05) is 0 Å². The summed E-state index contributed by atoms with van der Waals surface area (Å²) in [5, 5.41) is 21.9. The highest BCUT2D eigenvalue weighted by atomic mass is 16.6. The lowest BCUT2D eigenvalue weighted by Gasteiger charge is -2.05. The molecule has 0 aliphatic heterocycles. The van der Waals surface area contributed by atoms with Crippen molar-refractivity contribution in [2.75, 3.05) is 12.4 Å². The Morgan fingerprint density at radius 1 is 1.39 bits per heavy atom. The third-order valence-corrected chi connectivity index (χ3v) is 2.76. The van der Waals surface area contributed by atoms with E-state index in [2.05, 4.69) is 15.5 Å². The van der Waals surface area contributed by atoms with Crippen LogP contribution in [0, 0.1) is 17.0 Å². The first-order chi connectivity index (χ1) is 8.56. The lowest BCUT2D eigenvalue weighted by atomic mass is 10.1. The predicted molar refractivity (Wildman–Crippen MR) is 67.4 cm³/mol. The molecular weight excluding hydrogens is 234 g/mol. The molecule has 0 bridgehead atoms. The zero-order chi connectivity index (χ0) is 13.3. The molecule has 0 unspecified atom stereocenters. The van der Waals surface area contributed by atoms with Crippen LogP contribution >= 0.6 is 0 Å². The number of para-hydroxylation sites is 1. The van der Waals surface area contributed by atoms with Gasteiger partial charge in [0.1, 0.15) is 0 Å². The molecule has 0 saturated heterocycles. The zero-order valence-corrected chi connectivity index (χ0v) is 10.3. The Labute approximate surface area is 104 Å². The molecule has 0 saturated carbocycles. The van der Waals surface area contributed by atoms with Crippen molar-refractivity contribution < 1.29 is 4.92 Å². The molecule has 2 rings (SSSR count). The second kappa shape index (κ2) is 4.44. The van der Waals surface area contributed by atoms with Gasteiger partial charge in [-0.2, -0.15) is 0 Å². The second-order valence-electron chi connectivity index (χ2n) is 3.88. The number of nitrogens with zero attached hydrogens (tertiary/aromatic N) is 4. The lowest BCUT2D eigenvalue weighted by Crippen LogP contribution is -2.02. The second-order valence-corrected chi connectivity index (χ2v) is 3.88. The SMILES string of the molecule is CNc1nnc(-c2cccc(C)c2[N+](=O)[O-])n1C. The Balaban J connectivity index is 2.67. The molecule has 0 spiro atoms. The smallest absolute Gasteiger partial charge is 0.283 e. The molecule has 1 aromatic carbocycles. The molecular formula is C11H13N5O2. The van der Waals surface area contributed by atoms with E-state index < -0.39 is 4.92 Å². The van der Waals surface area contributed by atoms with E-state index in [0.29, 0.717) is 22.9 Å². The van der Waals surface area contributed by atoms with Gasteiger partial charge in [0.15, 0.2) is 5.82 Å². The standard InChI is InChI=1S/C11H13N5O2/c1-7-5-4-6-8(9(7)16(17)18)10-13-14-11(12-2)15(10)3/h4-6H,1-3H3,(H,12,14). The maximum absolute atomic E-state index is 11.1. The van der Waals surface area contributed by atoms with Crippen molar-refractivity contribution >= 4 is 11.6 Å². The highest BCUT2D eigenvalue weighted by Gasteiger charge is 2.22. The van der Waals surface area contributed by atoms with Crippen LogP contribution in [0.4, 0.5) is 11.6 Å². The van der Waals surface area contributed by atoms with Crippen molar-refractivity contribution in [1.29, 1.82) is 0 Å². The van der Waals surface area contributed by atoms with Crippen molar-refractivity contribution in [2.24, 2.45) is 7.05 Å². The van der Waals surface area contributed by atoms with Gasteiger partial charge in [0.2, 0.25) is 5.95 Å². The Morgan fingerprint density at radius 2 is 2.11 bits per heavy atom. The summed E-state index contributed by atoms with van der Waals surface area (Å²) >= 11 is 0. The number of nitrogens with one attached hydrogen (secondary N) is 1. The number of hydrogen-bond donors (Lipinski definition) is 1. The molecule has 0 radical (unpaired) electrons. The van der Waals surface area contributed by atoms with Crippen LogP contribution in [0.5, 0.6) is 0 Å². The van der Waals surface area contributed by atoms with Gasteiger partial charge in [0.05, 0.1) is 10.5 Å². The summed E-state index contributed by atoms with van der Waals surface area (Å²) in [4.78, 5) is 10.7. The summed E-state index contributed by atoms with van der Waals surface area (Å²) < 4.78 is 1.68. The maximum Gasteiger partial charge on any atom is 0.283 e. The fourth-order valence-corrected chi connectivity index (χ4v) is 1.86. The number of anilines is 1. The molecule has 0 atom stereocenters. The molecule has 1 heterocycles. The molecule has 94 valence electrons. The number of hydrogen-bond acceptors (Lipinski definition) is 5. The van der Waals surface area contributed by atoms with Crippen LogP contribution in [-0.4, -0.2) is 26.7 Å². The molecule has 2 aromatic rings. The summed E-state index contributed by atoms with van der Waals surface area (Å²) in [6.45, 7) is 1.71. The molecule has 18 heavy (non-hydrogen) atoms. The van der Waals surface area contributed by atoms with Crippen LogP contribution in [-0.2, 0) is 7.05 Å². The van der Waals surface area contributed by atoms with Crippen LogP contribution in [0.1, 0.15) is 5.56 Å². The first-order valence-corrected chi connectivity index (χ1v) is 5.37. The molecule has 7 nitrogen and oxygen atoms in total. The van der Waals surface area contributed by atoms with E-state index in [1.54, 1.807) is 43.8 Å². The average molecular weight is 247 g/mol. The summed E-state index contributed by atoms with van der Waals surface area (Å²) in [6, 6.07) is 5.15. The summed E-state index contributed by atoms with van der Waals surface area (Å²) in [5.74, 6) is 1.02. The molecule has 1 aromatic heterocycles. The number of nitro benzene ring substituents is 1. The minimum atomic E-state index is -0.390. The van der Waals surface area contributed by atoms with E-state index >= 15 is 0 Å². The minimum Gasteiger partial charge on any atom is -0.357 e. The molecule has 0 amide bonds. The maximum atomic E-state index is 11.1. The van der Waals surface area contributed by atoms with Gasteiger partial charge >= 0.3 is 0 Å². The van der Waals surface area contributed by atoms with Gasteiger partial charge in [0.25, 0.3) is 5.69 Å². The quantitative estimate of drug-likeness (QED) is 0.659. The van der Waals surface area contributed by atoms with Gasteiger partial charge < -0.3 is 5.32 Å². The highest BCUT2D eigenvalue weighted by molar-refractivity contribution is 5.71. The summed E-state index contributed by atoms with van der Waals surface area (Å²) in [7, 11) is 3.48. The third-order valence-electron chi connectivity index (χ3n) is 2.76. The number of aryl methyl sites for hydroxylation is 1. The number of nitro groups is 1. The first-order valence-electron chi connectivity index (χ1n) is 5.37. The van der Waals surface area contributed by atoms with Gasteiger partial charge in [-0.15, -0.1) is 10.2 Å². The molecule has 0 fully saturated rings. The van der Waals surface area contributed by atoms with E-state index in [0.717, 1.165) is 0 Å². The van der Waals surface area contributed by atoms with Crippen LogP contribution in [0.15, 0.2) is 18.2 Å². The Bertz CT molecular complexity index is 605.